The third-order valence-corrected chi connectivity index (χ3v) is 3.50. The summed E-state index contributed by atoms with van der Waals surface area (Å²) in [5.74, 6) is -0.552. The molecule has 0 amide bonds. The standard InChI is InChI=1S/C17H17NO2/c1-12-17(19)20-16(14-10-6-3-7-11-14)15(18-12)13-8-4-2-5-9-13/h2-12,15-16,18H,1H3/t12?,15-,16+/m0/s1/i12D. The molecule has 1 saturated heterocycles. The van der Waals surface area contributed by atoms with Crippen molar-refractivity contribution in [2.75, 3.05) is 0 Å². The predicted octanol–water partition coefficient (Wildman–Crippen LogP) is 3.00. The summed E-state index contributed by atoms with van der Waals surface area (Å²) in [5.41, 5.74) is 1.92. The molecular formula is C17H17NO2. The van der Waals surface area contributed by atoms with Crippen LogP contribution in [0.4, 0.5) is 0 Å². The summed E-state index contributed by atoms with van der Waals surface area (Å²) in [7, 11) is 0. The summed E-state index contributed by atoms with van der Waals surface area (Å²) < 4.78 is 13.6. The van der Waals surface area contributed by atoms with Crippen molar-refractivity contribution in [2.24, 2.45) is 0 Å². The Kier molecular flexibility index (Phi) is 3.19. The van der Waals surface area contributed by atoms with Crippen LogP contribution >= 0.6 is 0 Å². The Labute approximate surface area is 120 Å². The lowest BCUT2D eigenvalue weighted by molar-refractivity contribution is -0.160. The fourth-order valence-electron chi connectivity index (χ4n) is 2.46. The van der Waals surface area contributed by atoms with Crippen molar-refractivity contribution in [3.05, 3.63) is 71.8 Å². The number of nitrogens with one attached hydrogen (secondary N) is 1. The van der Waals surface area contributed by atoms with Crippen LogP contribution < -0.4 is 5.32 Å². The molecule has 0 aliphatic carbocycles. The number of carbonyl (C=O) groups is 1. The lowest BCUT2D eigenvalue weighted by Gasteiger charge is -2.36. The number of benzene rings is 2. The molecule has 1 fully saturated rings. The Morgan fingerprint density at radius 3 is 2.15 bits per heavy atom. The van der Waals surface area contributed by atoms with E-state index in [9.17, 15) is 4.79 Å². The van der Waals surface area contributed by atoms with Gasteiger partial charge < -0.3 is 4.74 Å². The summed E-state index contributed by atoms with van der Waals surface area (Å²) in [4.78, 5) is 12.0. The highest BCUT2D eigenvalue weighted by Crippen LogP contribution is 2.35. The van der Waals surface area contributed by atoms with Crippen molar-refractivity contribution < 1.29 is 10.9 Å². The number of hydrogen-bond acceptors (Lipinski definition) is 3. The van der Waals surface area contributed by atoms with E-state index in [0.717, 1.165) is 11.1 Å². The number of rotatable bonds is 2. The molecule has 0 spiro atoms. The van der Waals surface area contributed by atoms with Gasteiger partial charge in [0.2, 0.25) is 0 Å². The molecule has 0 aromatic heterocycles. The largest absolute Gasteiger partial charge is 0.454 e. The molecule has 1 N–H and O–H groups in total. The number of morpholine rings is 1. The number of cyclic esters (lactones) is 1. The maximum atomic E-state index is 12.0. The molecular weight excluding hydrogens is 250 g/mol. The van der Waals surface area contributed by atoms with Crippen molar-refractivity contribution in [3.8, 4) is 0 Å². The van der Waals surface area contributed by atoms with Crippen molar-refractivity contribution in [1.82, 2.24) is 5.32 Å². The van der Waals surface area contributed by atoms with Gasteiger partial charge in [0.1, 0.15) is 12.1 Å². The van der Waals surface area contributed by atoms with Crippen LogP contribution in [0.3, 0.4) is 0 Å². The Morgan fingerprint density at radius 1 is 1.00 bits per heavy atom. The third-order valence-electron chi connectivity index (χ3n) is 3.50. The van der Waals surface area contributed by atoms with Crippen LogP contribution in [0.25, 0.3) is 0 Å². The average molecular weight is 268 g/mol. The lowest BCUT2D eigenvalue weighted by atomic mass is 9.93. The molecule has 3 rings (SSSR count). The van der Waals surface area contributed by atoms with Crippen LogP contribution in [0.15, 0.2) is 60.7 Å². The molecule has 0 radical (unpaired) electrons. The third kappa shape index (κ3) is 2.45. The van der Waals surface area contributed by atoms with Crippen LogP contribution in [0.5, 0.6) is 0 Å². The molecule has 0 saturated carbocycles. The second kappa shape index (κ2) is 5.47. The lowest BCUT2D eigenvalue weighted by Crippen LogP contribution is -2.47. The minimum atomic E-state index is -1.44. The zero-order valence-electron chi connectivity index (χ0n) is 12.2. The van der Waals surface area contributed by atoms with Crippen LogP contribution in [0.1, 0.15) is 31.6 Å². The van der Waals surface area contributed by atoms with Gasteiger partial charge in [-0.25, -0.2) is 0 Å². The molecule has 2 aromatic rings. The topological polar surface area (TPSA) is 38.3 Å². The number of carbonyl (C=O) groups excluding carboxylic acids is 1. The Morgan fingerprint density at radius 2 is 1.55 bits per heavy atom. The van der Waals surface area contributed by atoms with Gasteiger partial charge in [-0.05, 0) is 18.1 Å². The van der Waals surface area contributed by atoms with Gasteiger partial charge in [0.25, 0.3) is 0 Å². The van der Waals surface area contributed by atoms with Gasteiger partial charge in [-0.2, -0.15) is 0 Å². The molecule has 1 heterocycles. The molecule has 3 atom stereocenters. The Hall–Kier alpha value is -2.13. The first-order valence-corrected chi connectivity index (χ1v) is 6.66. The first-order chi connectivity index (χ1) is 10.1. The van der Waals surface area contributed by atoms with E-state index in [1.54, 1.807) is 0 Å². The van der Waals surface area contributed by atoms with E-state index in [1.807, 2.05) is 60.7 Å². The summed E-state index contributed by atoms with van der Waals surface area (Å²) in [5, 5.41) is 3.10. The minimum Gasteiger partial charge on any atom is -0.454 e. The maximum Gasteiger partial charge on any atom is 0.323 e. The fourth-order valence-corrected chi connectivity index (χ4v) is 2.46. The van der Waals surface area contributed by atoms with E-state index >= 15 is 0 Å². The first-order valence-electron chi connectivity index (χ1n) is 7.16. The van der Waals surface area contributed by atoms with Crippen molar-refractivity contribution in [2.45, 2.75) is 25.1 Å². The average Bonchev–Trinajstić information content (AvgIpc) is 2.51. The van der Waals surface area contributed by atoms with Crippen molar-refractivity contribution in [3.63, 3.8) is 0 Å². The molecule has 0 bridgehead atoms. The Balaban J connectivity index is 2.01. The van der Waals surface area contributed by atoms with Gasteiger partial charge in [0.05, 0.1) is 7.41 Å². The zero-order valence-corrected chi connectivity index (χ0v) is 11.2. The predicted molar refractivity (Wildman–Crippen MR) is 77.1 cm³/mol. The Bertz CT molecular complexity index is 628. The van der Waals surface area contributed by atoms with Gasteiger partial charge in [-0.15, -0.1) is 0 Å². The highest BCUT2D eigenvalue weighted by Gasteiger charge is 2.36. The molecule has 20 heavy (non-hydrogen) atoms. The summed E-state index contributed by atoms with van der Waals surface area (Å²) in [6.45, 7) is 1.52. The summed E-state index contributed by atoms with van der Waals surface area (Å²) in [6.07, 6.45) is -0.431. The monoisotopic (exact) mass is 268 g/mol. The van der Waals surface area contributed by atoms with Crippen LogP contribution in [-0.2, 0) is 9.53 Å². The second-order valence-electron chi connectivity index (χ2n) is 4.89. The number of esters is 1. The van der Waals surface area contributed by atoms with Crippen LogP contribution in [-0.4, -0.2) is 12.0 Å². The molecule has 3 nitrogen and oxygen atoms in total. The molecule has 2 aromatic carbocycles. The SMILES string of the molecule is [2H]C1(C)N[C@@H](c2ccccc2)[C@@H](c2ccccc2)OC1=O. The van der Waals surface area contributed by atoms with Gasteiger partial charge in [0, 0.05) is 0 Å². The first kappa shape index (κ1) is 11.7. The molecule has 1 unspecified atom stereocenters. The quantitative estimate of drug-likeness (QED) is 0.851. The minimum absolute atomic E-state index is 0.242. The van der Waals surface area contributed by atoms with Crippen molar-refractivity contribution in [1.29, 1.82) is 0 Å². The maximum absolute atomic E-state index is 12.0. The van der Waals surface area contributed by atoms with Crippen LogP contribution in [0, 0.1) is 0 Å². The number of ether oxygens (including phenoxy) is 1. The zero-order chi connectivity index (χ0) is 14.9. The smallest absolute Gasteiger partial charge is 0.323 e. The van der Waals surface area contributed by atoms with Gasteiger partial charge in [-0.3, -0.25) is 10.1 Å². The fraction of sp³-hybridized carbons (Fsp3) is 0.235. The highest BCUT2D eigenvalue weighted by atomic mass is 16.5. The van der Waals surface area contributed by atoms with E-state index in [4.69, 9.17) is 6.11 Å². The van der Waals surface area contributed by atoms with E-state index < -0.39 is 18.1 Å². The van der Waals surface area contributed by atoms with E-state index in [1.165, 1.54) is 6.92 Å². The van der Waals surface area contributed by atoms with E-state index in [2.05, 4.69) is 5.32 Å². The second-order valence-corrected chi connectivity index (χ2v) is 4.89. The summed E-state index contributed by atoms with van der Waals surface area (Å²) >= 11 is 0. The van der Waals surface area contributed by atoms with Crippen LogP contribution in [0.2, 0.25) is 0 Å². The normalized spacial score (nSPS) is 30.4. The van der Waals surface area contributed by atoms with E-state index in [0.29, 0.717) is 0 Å². The van der Waals surface area contributed by atoms with Gasteiger partial charge in [0.15, 0.2) is 0 Å². The molecule has 1 aliphatic heterocycles. The van der Waals surface area contributed by atoms with Gasteiger partial charge in [-0.1, -0.05) is 60.7 Å². The number of hydrogen-bond donors (Lipinski definition) is 1. The van der Waals surface area contributed by atoms with Crippen molar-refractivity contribution >= 4 is 5.97 Å². The molecule has 102 valence electrons. The highest BCUT2D eigenvalue weighted by molar-refractivity contribution is 5.76. The van der Waals surface area contributed by atoms with E-state index in [-0.39, 0.29) is 6.04 Å². The summed E-state index contributed by atoms with van der Waals surface area (Å²) in [6, 6.07) is 17.7. The van der Waals surface area contributed by atoms with Gasteiger partial charge >= 0.3 is 5.97 Å². The molecule has 3 heteroatoms. The molecule has 1 aliphatic rings.